The van der Waals surface area contributed by atoms with Crippen LogP contribution in [0.15, 0.2) is 42.5 Å². The number of fused-ring (bicyclic) bond motifs is 1. The molecular formula is C22H29N3O3. The monoisotopic (exact) mass is 383 g/mol. The Morgan fingerprint density at radius 3 is 2.71 bits per heavy atom. The molecule has 1 saturated heterocycles. The number of amides is 2. The Kier molecular flexibility index (Phi) is 7.01. The number of hydrogen-bond donors (Lipinski definition) is 2. The van der Waals surface area contributed by atoms with Gasteiger partial charge in [-0.3, -0.25) is 14.5 Å². The Hall–Kier alpha value is -2.44. The number of carbonyl (C=O) groups is 2. The number of ether oxygens (including phenoxy) is 1. The highest BCUT2D eigenvalue weighted by atomic mass is 16.5. The van der Waals surface area contributed by atoms with Crippen LogP contribution in [0, 0.1) is 5.92 Å². The second-order valence-corrected chi connectivity index (χ2v) is 7.69. The summed E-state index contributed by atoms with van der Waals surface area (Å²) in [6.45, 7) is 8.29. The second kappa shape index (κ2) is 9.66. The summed E-state index contributed by atoms with van der Waals surface area (Å²) in [6, 6.07) is 13.4. The Labute approximate surface area is 166 Å². The van der Waals surface area contributed by atoms with Crippen LogP contribution < -0.4 is 10.6 Å². The molecule has 6 nitrogen and oxygen atoms in total. The van der Waals surface area contributed by atoms with Crippen LogP contribution in [-0.4, -0.2) is 62.1 Å². The molecule has 0 radical (unpaired) electrons. The van der Waals surface area contributed by atoms with Gasteiger partial charge in [-0.2, -0.15) is 0 Å². The molecule has 2 amide bonds. The van der Waals surface area contributed by atoms with E-state index in [1.54, 1.807) is 6.07 Å². The molecule has 0 saturated carbocycles. The summed E-state index contributed by atoms with van der Waals surface area (Å²) in [4.78, 5) is 26.8. The van der Waals surface area contributed by atoms with Crippen molar-refractivity contribution < 1.29 is 14.3 Å². The third kappa shape index (κ3) is 5.78. The van der Waals surface area contributed by atoms with E-state index < -0.39 is 0 Å². The van der Waals surface area contributed by atoms with Crippen LogP contribution in [0.3, 0.4) is 0 Å². The SMILES string of the molecule is CC(C)CN1CCO[C@@H](CNC(=O)CNC(=O)c2ccc3ccccc3c2)C1. The van der Waals surface area contributed by atoms with Gasteiger partial charge in [0.2, 0.25) is 5.91 Å². The average molecular weight is 383 g/mol. The standard InChI is InChI=1S/C22H29N3O3/c1-16(2)14-25-9-10-28-20(15-25)12-23-21(26)13-24-22(27)19-8-7-17-5-3-4-6-18(17)11-19/h3-8,11,16,20H,9-10,12-15H2,1-2H3,(H,23,26)(H,24,27)/t20-/m0/s1. The minimum Gasteiger partial charge on any atom is -0.374 e. The van der Waals surface area contributed by atoms with Crippen LogP contribution in [-0.2, 0) is 9.53 Å². The first kappa shape index (κ1) is 20.3. The molecular weight excluding hydrogens is 354 g/mol. The summed E-state index contributed by atoms with van der Waals surface area (Å²) in [6.07, 6.45) is -0.00682. The van der Waals surface area contributed by atoms with Gasteiger partial charge in [-0.05, 0) is 28.8 Å². The van der Waals surface area contributed by atoms with E-state index in [1.807, 2.05) is 36.4 Å². The minimum atomic E-state index is -0.252. The molecule has 0 aromatic heterocycles. The van der Waals surface area contributed by atoms with Gasteiger partial charge in [-0.25, -0.2) is 0 Å². The summed E-state index contributed by atoms with van der Waals surface area (Å²) in [7, 11) is 0. The molecule has 2 N–H and O–H groups in total. The van der Waals surface area contributed by atoms with E-state index in [0.29, 0.717) is 24.6 Å². The fourth-order valence-electron chi connectivity index (χ4n) is 3.47. The van der Waals surface area contributed by atoms with E-state index >= 15 is 0 Å². The third-order valence-corrected chi connectivity index (χ3v) is 4.79. The summed E-state index contributed by atoms with van der Waals surface area (Å²) >= 11 is 0. The molecule has 1 aliphatic heterocycles. The van der Waals surface area contributed by atoms with Crippen LogP contribution in [0.5, 0.6) is 0 Å². The van der Waals surface area contributed by atoms with Crippen molar-refractivity contribution in [1.29, 1.82) is 0 Å². The number of benzene rings is 2. The molecule has 28 heavy (non-hydrogen) atoms. The summed E-state index contributed by atoms with van der Waals surface area (Å²) < 4.78 is 5.73. The quantitative estimate of drug-likeness (QED) is 0.768. The number of carbonyl (C=O) groups excluding carboxylic acids is 2. The predicted octanol–water partition coefficient (Wildman–Crippen LogP) is 2.04. The molecule has 6 heteroatoms. The van der Waals surface area contributed by atoms with Gasteiger partial charge in [0.1, 0.15) is 0 Å². The number of nitrogens with zero attached hydrogens (tertiary/aromatic N) is 1. The molecule has 0 bridgehead atoms. The predicted molar refractivity (Wildman–Crippen MR) is 110 cm³/mol. The van der Waals surface area contributed by atoms with Gasteiger partial charge in [-0.15, -0.1) is 0 Å². The van der Waals surface area contributed by atoms with Gasteiger partial charge >= 0.3 is 0 Å². The maximum absolute atomic E-state index is 12.3. The van der Waals surface area contributed by atoms with Gasteiger partial charge in [0.05, 0.1) is 19.3 Å². The smallest absolute Gasteiger partial charge is 0.251 e. The molecule has 0 aliphatic carbocycles. The van der Waals surface area contributed by atoms with Crippen molar-refractivity contribution >= 4 is 22.6 Å². The lowest BCUT2D eigenvalue weighted by atomic mass is 10.1. The summed E-state index contributed by atoms with van der Waals surface area (Å²) in [5, 5.41) is 7.62. The highest BCUT2D eigenvalue weighted by molar-refractivity contribution is 5.99. The Morgan fingerprint density at radius 1 is 1.14 bits per heavy atom. The highest BCUT2D eigenvalue weighted by Gasteiger charge is 2.21. The molecule has 0 spiro atoms. The summed E-state index contributed by atoms with van der Waals surface area (Å²) in [5.74, 6) is 0.148. The van der Waals surface area contributed by atoms with Gasteiger partial charge in [0.25, 0.3) is 5.91 Å². The van der Waals surface area contributed by atoms with Crippen molar-refractivity contribution in [3.05, 3.63) is 48.0 Å². The van der Waals surface area contributed by atoms with Crippen molar-refractivity contribution in [3.8, 4) is 0 Å². The molecule has 1 heterocycles. The van der Waals surface area contributed by atoms with E-state index in [4.69, 9.17) is 4.74 Å². The third-order valence-electron chi connectivity index (χ3n) is 4.79. The van der Waals surface area contributed by atoms with Crippen LogP contribution in [0.2, 0.25) is 0 Å². The number of morpholine rings is 1. The zero-order valence-electron chi connectivity index (χ0n) is 16.6. The van der Waals surface area contributed by atoms with Crippen molar-refractivity contribution in [2.24, 2.45) is 5.92 Å². The molecule has 3 rings (SSSR count). The van der Waals surface area contributed by atoms with Crippen LogP contribution in [0.25, 0.3) is 10.8 Å². The lowest BCUT2D eigenvalue weighted by molar-refractivity contribution is -0.121. The lowest BCUT2D eigenvalue weighted by Crippen LogP contribution is -2.49. The average Bonchev–Trinajstić information content (AvgIpc) is 2.70. The lowest BCUT2D eigenvalue weighted by Gasteiger charge is -2.33. The maximum atomic E-state index is 12.3. The van der Waals surface area contributed by atoms with Gasteiger partial charge in [0, 0.05) is 31.7 Å². The number of nitrogens with one attached hydrogen (secondary N) is 2. The molecule has 1 aliphatic rings. The first-order valence-electron chi connectivity index (χ1n) is 9.89. The molecule has 150 valence electrons. The van der Waals surface area contributed by atoms with E-state index in [2.05, 4.69) is 29.4 Å². The van der Waals surface area contributed by atoms with Crippen molar-refractivity contribution in [2.45, 2.75) is 20.0 Å². The van der Waals surface area contributed by atoms with E-state index in [9.17, 15) is 9.59 Å². The van der Waals surface area contributed by atoms with Crippen molar-refractivity contribution in [1.82, 2.24) is 15.5 Å². The first-order chi connectivity index (χ1) is 13.5. The van der Waals surface area contributed by atoms with Gasteiger partial charge < -0.3 is 15.4 Å². The Morgan fingerprint density at radius 2 is 1.93 bits per heavy atom. The van der Waals surface area contributed by atoms with E-state index in [1.165, 1.54) is 0 Å². The van der Waals surface area contributed by atoms with Crippen LogP contribution in [0.4, 0.5) is 0 Å². The normalized spacial score (nSPS) is 17.6. The maximum Gasteiger partial charge on any atom is 0.251 e. The fourth-order valence-corrected chi connectivity index (χ4v) is 3.47. The highest BCUT2D eigenvalue weighted by Crippen LogP contribution is 2.15. The zero-order chi connectivity index (χ0) is 19.9. The van der Waals surface area contributed by atoms with Crippen molar-refractivity contribution in [2.75, 3.05) is 39.3 Å². The van der Waals surface area contributed by atoms with Crippen molar-refractivity contribution in [3.63, 3.8) is 0 Å². The van der Waals surface area contributed by atoms with E-state index in [0.717, 1.165) is 30.4 Å². The first-order valence-corrected chi connectivity index (χ1v) is 9.89. The number of rotatable bonds is 7. The van der Waals surface area contributed by atoms with Crippen LogP contribution in [0.1, 0.15) is 24.2 Å². The zero-order valence-corrected chi connectivity index (χ0v) is 16.6. The topological polar surface area (TPSA) is 70.7 Å². The van der Waals surface area contributed by atoms with Crippen LogP contribution >= 0.6 is 0 Å². The fraction of sp³-hybridized carbons (Fsp3) is 0.455. The van der Waals surface area contributed by atoms with Gasteiger partial charge in [-0.1, -0.05) is 44.2 Å². The molecule has 1 atom stereocenters. The van der Waals surface area contributed by atoms with Gasteiger partial charge in [0.15, 0.2) is 0 Å². The Balaban J connectivity index is 1.42. The number of hydrogen-bond acceptors (Lipinski definition) is 4. The molecule has 2 aromatic rings. The summed E-state index contributed by atoms with van der Waals surface area (Å²) in [5.41, 5.74) is 0.548. The Bertz CT molecular complexity index is 822. The van der Waals surface area contributed by atoms with E-state index in [-0.39, 0.29) is 24.5 Å². The minimum absolute atomic E-state index is 0.00682. The largest absolute Gasteiger partial charge is 0.374 e. The molecule has 1 fully saturated rings. The molecule has 0 unspecified atom stereocenters. The molecule has 2 aromatic carbocycles. The second-order valence-electron chi connectivity index (χ2n) is 7.69.